The SMILES string of the molecule is Cc1c(-c2ccco2)nc2ccccc2c1-c1ccccc1. The van der Waals surface area contributed by atoms with E-state index in [2.05, 4.69) is 43.3 Å². The summed E-state index contributed by atoms with van der Waals surface area (Å²) < 4.78 is 5.58. The number of hydrogen-bond acceptors (Lipinski definition) is 2. The molecule has 0 unspecified atom stereocenters. The molecule has 0 amide bonds. The number of nitrogens with zero attached hydrogens (tertiary/aromatic N) is 1. The highest BCUT2D eigenvalue weighted by Gasteiger charge is 2.15. The first-order valence-corrected chi connectivity index (χ1v) is 7.33. The van der Waals surface area contributed by atoms with Gasteiger partial charge >= 0.3 is 0 Å². The number of hydrogen-bond donors (Lipinski definition) is 0. The smallest absolute Gasteiger partial charge is 0.152 e. The van der Waals surface area contributed by atoms with E-state index in [-0.39, 0.29) is 0 Å². The molecule has 106 valence electrons. The number of pyridine rings is 1. The Morgan fingerprint density at radius 2 is 1.59 bits per heavy atom. The maximum Gasteiger partial charge on any atom is 0.152 e. The third-order valence-electron chi connectivity index (χ3n) is 3.95. The molecule has 2 nitrogen and oxygen atoms in total. The molecular weight excluding hydrogens is 270 g/mol. The van der Waals surface area contributed by atoms with Gasteiger partial charge in [0, 0.05) is 5.39 Å². The molecule has 0 saturated heterocycles. The molecule has 0 N–H and O–H groups in total. The quantitative estimate of drug-likeness (QED) is 0.488. The van der Waals surface area contributed by atoms with Crippen LogP contribution >= 0.6 is 0 Å². The van der Waals surface area contributed by atoms with Crippen LogP contribution in [0.3, 0.4) is 0 Å². The van der Waals surface area contributed by atoms with Crippen molar-refractivity contribution in [1.82, 2.24) is 4.98 Å². The molecule has 0 fully saturated rings. The van der Waals surface area contributed by atoms with Crippen LogP contribution in [-0.2, 0) is 0 Å². The van der Waals surface area contributed by atoms with E-state index in [1.54, 1.807) is 6.26 Å². The highest BCUT2D eigenvalue weighted by molar-refractivity contribution is 5.98. The normalized spacial score (nSPS) is 11.0. The molecule has 0 atom stereocenters. The molecule has 22 heavy (non-hydrogen) atoms. The topological polar surface area (TPSA) is 26.0 Å². The van der Waals surface area contributed by atoms with Crippen LogP contribution < -0.4 is 0 Å². The third kappa shape index (κ3) is 2.01. The van der Waals surface area contributed by atoms with Crippen LogP contribution in [0, 0.1) is 6.92 Å². The van der Waals surface area contributed by atoms with Crippen LogP contribution in [0.5, 0.6) is 0 Å². The van der Waals surface area contributed by atoms with E-state index in [4.69, 9.17) is 9.40 Å². The molecule has 0 saturated carbocycles. The van der Waals surface area contributed by atoms with Crippen LogP contribution in [0.4, 0.5) is 0 Å². The number of aromatic nitrogens is 1. The van der Waals surface area contributed by atoms with Gasteiger partial charge in [0.05, 0.1) is 11.8 Å². The first-order chi connectivity index (χ1) is 10.8. The average Bonchev–Trinajstić information content (AvgIpc) is 3.09. The lowest BCUT2D eigenvalue weighted by Crippen LogP contribution is -1.94. The number of rotatable bonds is 2. The standard InChI is InChI=1S/C20H15NO/c1-14-19(15-8-3-2-4-9-15)16-10-5-6-11-17(16)21-20(14)18-12-7-13-22-18/h2-13H,1H3. The molecule has 2 heterocycles. The molecule has 0 spiro atoms. The van der Waals surface area contributed by atoms with Gasteiger partial charge in [0.15, 0.2) is 5.76 Å². The van der Waals surface area contributed by atoms with E-state index in [9.17, 15) is 0 Å². The molecule has 0 bridgehead atoms. The molecule has 2 aromatic heterocycles. The van der Waals surface area contributed by atoms with Gasteiger partial charge in [0.2, 0.25) is 0 Å². The van der Waals surface area contributed by atoms with Crippen LogP contribution in [0.25, 0.3) is 33.5 Å². The number of benzene rings is 2. The summed E-state index contributed by atoms with van der Waals surface area (Å²) in [6.45, 7) is 2.11. The van der Waals surface area contributed by atoms with E-state index in [0.717, 1.165) is 22.5 Å². The van der Waals surface area contributed by atoms with Gasteiger partial charge in [-0.2, -0.15) is 0 Å². The third-order valence-corrected chi connectivity index (χ3v) is 3.95. The highest BCUT2D eigenvalue weighted by atomic mass is 16.3. The lowest BCUT2D eigenvalue weighted by atomic mass is 9.94. The first kappa shape index (κ1) is 12.8. The molecule has 0 aliphatic carbocycles. The Morgan fingerprint density at radius 1 is 0.818 bits per heavy atom. The number of furan rings is 1. The first-order valence-electron chi connectivity index (χ1n) is 7.33. The Bertz CT molecular complexity index is 925. The summed E-state index contributed by atoms with van der Waals surface area (Å²) >= 11 is 0. The highest BCUT2D eigenvalue weighted by Crippen LogP contribution is 2.36. The lowest BCUT2D eigenvalue weighted by Gasteiger charge is -2.13. The van der Waals surface area contributed by atoms with Crippen molar-refractivity contribution < 1.29 is 4.42 Å². The Hall–Kier alpha value is -2.87. The summed E-state index contributed by atoms with van der Waals surface area (Å²) in [5, 5.41) is 1.17. The van der Waals surface area contributed by atoms with Crippen molar-refractivity contribution in [2.24, 2.45) is 0 Å². The van der Waals surface area contributed by atoms with E-state index in [1.807, 2.05) is 30.3 Å². The molecular formula is C20H15NO. The minimum absolute atomic E-state index is 0.806. The van der Waals surface area contributed by atoms with Crippen LogP contribution in [0.2, 0.25) is 0 Å². The van der Waals surface area contributed by atoms with Crippen molar-refractivity contribution in [3.8, 4) is 22.6 Å². The lowest BCUT2D eigenvalue weighted by molar-refractivity contribution is 0.580. The minimum Gasteiger partial charge on any atom is -0.463 e. The molecule has 4 aromatic rings. The fraction of sp³-hybridized carbons (Fsp3) is 0.0500. The Labute approximate surface area is 129 Å². The van der Waals surface area contributed by atoms with Crippen molar-refractivity contribution in [3.05, 3.63) is 78.6 Å². The zero-order valence-corrected chi connectivity index (χ0v) is 12.3. The molecule has 2 aromatic carbocycles. The predicted molar refractivity (Wildman–Crippen MR) is 89.6 cm³/mol. The van der Waals surface area contributed by atoms with Gasteiger partial charge in [-0.15, -0.1) is 0 Å². The van der Waals surface area contributed by atoms with Crippen molar-refractivity contribution in [3.63, 3.8) is 0 Å². The molecule has 2 heteroatoms. The van der Waals surface area contributed by atoms with Gasteiger partial charge in [-0.3, -0.25) is 0 Å². The van der Waals surface area contributed by atoms with Crippen LogP contribution in [0.15, 0.2) is 77.4 Å². The van der Waals surface area contributed by atoms with Crippen LogP contribution in [0.1, 0.15) is 5.56 Å². The average molecular weight is 285 g/mol. The second kappa shape index (κ2) is 5.15. The van der Waals surface area contributed by atoms with Crippen molar-refractivity contribution in [2.75, 3.05) is 0 Å². The van der Waals surface area contributed by atoms with Gasteiger partial charge in [0.1, 0.15) is 5.69 Å². The maximum atomic E-state index is 5.58. The fourth-order valence-electron chi connectivity index (χ4n) is 2.94. The molecule has 0 aliphatic rings. The molecule has 0 radical (unpaired) electrons. The molecule has 4 rings (SSSR count). The predicted octanol–water partition coefficient (Wildman–Crippen LogP) is 5.47. The summed E-state index contributed by atoms with van der Waals surface area (Å²) in [5.41, 5.74) is 5.45. The maximum absolute atomic E-state index is 5.58. The summed E-state index contributed by atoms with van der Waals surface area (Å²) in [7, 11) is 0. The number of fused-ring (bicyclic) bond motifs is 1. The summed E-state index contributed by atoms with van der Waals surface area (Å²) in [6.07, 6.45) is 1.69. The van der Waals surface area contributed by atoms with E-state index in [1.165, 1.54) is 16.5 Å². The summed E-state index contributed by atoms with van der Waals surface area (Å²) in [6, 6.07) is 22.6. The van der Waals surface area contributed by atoms with Gasteiger partial charge in [-0.05, 0) is 41.8 Å². The van der Waals surface area contributed by atoms with E-state index in [0.29, 0.717) is 0 Å². The minimum atomic E-state index is 0.806. The van der Waals surface area contributed by atoms with E-state index < -0.39 is 0 Å². The van der Waals surface area contributed by atoms with E-state index >= 15 is 0 Å². The fourth-order valence-corrected chi connectivity index (χ4v) is 2.94. The Kier molecular flexibility index (Phi) is 3.01. The van der Waals surface area contributed by atoms with Crippen molar-refractivity contribution in [1.29, 1.82) is 0 Å². The van der Waals surface area contributed by atoms with Crippen molar-refractivity contribution >= 4 is 10.9 Å². The molecule has 0 aliphatic heterocycles. The van der Waals surface area contributed by atoms with Gasteiger partial charge in [-0.25, -0.2) is 4.98 Å². The summed E-state index contributed by atoms with van der Waals surface area (Å²) in [4.78, 5) is 4.81. The zero-order valence-electron chi connectivity index (χ0n) is 12.3. The van der Waals surface area contributed by atoms with Gasteiger partial charge < -0.3 is 4.42 Å². The second-order valence-corrected chi connectivity index (χ2v) is 5.32. The Morgan fingerprint density at radius 3 is 2.36 bits per heavy atom. The van der Waals surface area contributed by atoms with Crippen molar-refractivity contribution in [2.45, 2.75) is 6.92 Å². The van der Waals surface area contributed by atoms with Gasteiger partial charge in [-0.1, -0.05) is 48.5 Å². The summed E-state index contributed by atoms with van der Waals surface area (Å²) in [5.74, 6) is 0.806. The van der Waals surface area contributed by atoms with Crippen LogP contribution in [-0.4, -0.2) is 4.98 Å². The monoisotopic (exact) mass is 285 g/mol. The van der Waals surface area contributed by atoms with Gasteiger partial charge in [0.25, 0.3) is 0 Å². The second-order valence-electron chi connectivity index (χ2n) is 5.32. The zero-order chi connectivity index (χ0) is 14.9. The Balaban J connectivity index is 2.11. The largest absolute Gasteiger partial charge is 0.463 e. The number of para-hydroxylation sites is 1.